The minimum atomic E-state index is -3.72. The number of fused-ring (bicyclic) bond motifs is 1. The Kier molecular flexibility index (Phi) is 5.47. The largest absolute Gasteiger partial charge is 0.436 e. The number of benzene rings is 2. The molecule has 0 aliphatic heterocycles. The number of oxazole rings is 1. The molecule has 1 N–H and O–H groups in total. The summed E-state index contributed by atoms with van der Waals surface area (Å²) in [6, 6.07) is 15.8. The van der Waals surface area contributed by atoms with Gasteiger partial charge in [0, 0.05) is 29.8 Å². The number of nitriles is 1. The van der Waals surface area contributed by atoms with Crippen LogP contribution in [0.5, 0.6) is 0 Å². The van der Waals surface area contributed by atoms with Gasteiger partial charge < -0.3 is 9.73 Å². The topological polar surface area (TPSA) is 126 Å². The first-order valence-electron chi connectivity index (χ1n) is 9.70. The van der Waals surface area contributed by atoms with Crippen LogP contribution in [-0.2, 0) is 16.3 Å². The third kappa shape index (κ3) is 4.22. The van der Waals surface area contributed by atoms with Crippen molar-refractivity contribution in [3.8, 4) is 17.5 Å². The quantitative estimate of drug-likeness (QED) is 0.491. The first kappa shape index (κ1) is 21.2. The van der Waals surface area contributed by atoms with Crippen molar-refractivity contribution in [3.05, 3.63) is 71.5 Å². The molecule has 0 saturated heterocycles. The van der Waals surface area contributed by atoms with Crippen LogP contribution in [0.1, 0.15) is 28.5 Å². The van der Waals surface area contributed by atoms with Crippen molar-refractivity contribution < 1.29 is 17.6 Å². The third-order valence-corrected chi connectivity index (χ3v) is 6.01. The van der Waals surface area contributed by atoms with Gasteiger partial charge in [-0.05, 0) is 42.3 Å². The van der Waals surface area contributed by atoms with Gasteiger partial charge in [0.15, 0.2) is 15.4 Å². The third-order valence-electron chi connectivity index (χ3n) is 4.88. The number of hydrogen-bond acceptors (Lipinski definition) is 7. The highest BCUT2D eigenvalue weighted by Gasteiger charge is 2.21. The van der Waals surface area contributed by atoms with E-state index in [-0.39, 0.29) is 16.2 Å². The standard InChI is InChI=1S/C23H18N4O4S/c1-3-14-4-6-15(7-5-14)23-27-19-9-8-16(11-20(19)31-23)26-22(28)18-10-17(12-24)25-13-21(18)32(2,29)30/h4-11,13H,3H2,1-2H3,(H,26,28). The Morgan fingerprint density at radius 3 is 2.56 bits per heavy atom. The van der Waals surface area contributed by atoms with E-state index in [1.807, 2.05) is 24.3 Å². The van der Waals surface area contributed by atoms with Crippen molar-refractivity contribution in [1.29, 1.82) is 5.26 Å². The fourth-order valence-corrected chi connectivity index (χ4v) is 3.98. The summed E-state index contributed by atoms with van der Waals surface area (Å²) in [7, 11) is -3.72. The average molecular weight is 446 g/mol. The van der Waals surface area contributed by atoms with E-state index in [2.05, 4.69) is 22.2 Å². The number of aryl methyl sites for hydroxylation is 1. The van der Waals surface area contributed by atoms with Crippen LogP contribution in [0.15, 0.2) is 64.0 Å². The van der Waals surface area contributed by atoms with Crippen molar-refractivity contribution in [2.45, 2.75) is 18.2 Å². The monoisotopic (exact) mass is 446 g/mol. The predicted octanol–water partition coefficient (Wildman–Crippen LogP) is 3.98. The number of amides is 1. The smallest absolute Gasteiger partial charge is 0.257 e. The van der Waals surface area contributed by atoms with Gasteiger partial charge in [0.1, 0.15) is 17.3 Å². The summed E-state index contributed by atoms with van der Waals surface area (Å²) in [6.07, 6.45) is 2.92. The number of carbonyl (C=O) groups is 1. The zero-order valence-electron chi connectivity index (χ0n) is 17.3. The lowest BCUT2D eigenvalue weighted by Crippen LogP contribution is -2.17. The van der Waals surface area contributed by atoms with Crippen LogP contribution in [0.25, 0.3) is 22.6 Å². The van der Waals surface area contributed by atoms with E-state index in [0.29, 0.717) is 22.7 Å². The second kappa shape index (κ2) is 8.24. The van der Waals surface area contributed by atoms with Crippen molar-refractivity contribution in [1.82, 2.24) is 9.97 Å². The number of anilines is 1. The fraction of sp³-hybridized carbons (Fsp3) is 0.130. The normalized spacial score (nSPS) is 11.3. The molecule has 4 rings (SSSR count). The Morgan fingerprint density at radius 2 is 1.91 bits per heavy atom. The Labute approximate surface area is 184 Å². The molecular formula is C23H18N4O4S. The molecule has 2 aromatic heterocycles. The number of sulfone groups is 1. The lowest BCUT2D eigenvalue weighted by atomic mass is 10.1. The van der Waals surface area contributed by atoms with Gasteiger partial charge in [-0.25, -0.2) is 18.4 Å². The van der Waals surface area contributed by atoms with Gasteiger partial charge in [0.25, 0.3) is 5.91 Å². The first-order valence-corrected chi connectivity index (χ1v) is 11.6. The number of nitrogens with one attached hydrogen (secondary N) is 1. The molecule has 0 aliphatic carbocycles. The molecule has 0 aliphatic rings. The first-order chi connectivity index (χ1) is 15.3. The number of rotatable bonds is 5. The second-order valence-electron chi connectivity index (χ2n) is 7.16. The summed E-state index contributed by atoms with van der Waals surface area (Å²) in [4.78, 5) is 20.8. The van der Waals surface area contributed by atoms with E-state index in [4.69, 9.17) is 9.68 Å². The van der Waals surface area contributed by atoms with E-state index in [1.165, 1.54) is 5.56 Å². The summed E-state index contributed by atoms with van der Waals surface area (Å²) in [5.74, 6) is -0.225. The molecule has 32 heavy (non-hydrogen) atoms. The molecule has 2 aromatic carbocycles. The molecule has 4 aromatic rings. The van der Waals surface area contributed by atoms with Crippen molar-refractivity contribution in [2.24, 2.45) is 0 Å². The SMILES string of the molecule is CCc1ccc(-c2nc3ccc(NC(=O)c4cc(C#N)ncc4S(C)(=O)=O)cc3o2)cc1. The highest BCUT2D eigenvalue weighted by Crippen LogP contribution is 2.27. The molecule has 0 unspecified atom stereocenters. The van der Waals surface area contributed by atoms with Crippen LogP contribution in [0.3, 0.4) is 0 Å². The number of pyridine rings is 1. The minimum Gasteiger partial charge on any atom is -0.436 e. The number of nitrogens with zero attached hydrogens (tertiary/aromatic N) is 3. The Morgan fingerprint density at radius 1 is 1.16 bits per heavy atom. The predicted molar refractivity (Wildman–Crippen MR) is 119 cm³/mol. The zero-order valence-corrected chi connectivity index (χ0v) is 18.1. The van der Waals surface area contributed by atoms with Crippen LogP contribution in [0.2, 0.25) is 0 Å². The van der Waals surface area contributed by atoms with Gasteiger partial charge in [-0.1, -0.05) is 19.1 Å². The van der Waals surface area contributed by atoms with E-state index in [1.54, 1.807) is 24.3 Å². The Balaban J connectivity index is 1.65. The second-order valence-corrected chi connectivity index (χ2v) is 9.14. The summed E-state index contributed by atoms with van der Waals surface area (Å²) in [5.41, 5.74) is 3.29. The lowest BCUT2D eigenvalue weighted by molar-refractivity contribution is 0.102. The van der Waals surface area contributed by atoms with E-state index in [9.17, 15) is 13.2 Å². The maximum atomic E-state index is 12.8. The summed E-state index contributed by atoms with van der Waals surface area (Å²) >= 11 is 0. The molecule has 1 amide bonds. The minimum absolute atomic E-state index is 0.0630. The van der Waals surface area contributed by atoms with Gasteiger partial charge in [0.05, 0.1) is 10.5 Å². The van der Waals surface area contributed by atoms with Gasteiger partial charge in [0.2, 0.25) is 5.89 Å². The number of hydrogen-bond donors (Lipinski definition) is 1. The molecule has 0 spiro atoms. The van der Waals surface area contributed by atoms with E-state index < -0.39 is 15.7 Å². The van der Waals surface area contributed by atoms with Gasteiger partial charge >= 0.3 is 0 Å². The van der Waals surface area contributed by atoms with Crippen LogP contribution in [0, 0.1) is 11.3 Å². The molecule has 9 heteroatoms. The van der Waals surface area contributed by atoms with Crippen molar-refractivity contribution >= 4 is 32.5 Å². The average Bonchev–Trinajstić information content (AvgIpc) is 3.21. The van der Waals surface area contributed by atoms with Gasteiger partial charge in [-0.15, -0.1) is 0 Å². The lowest BCUT2D eigenvalue weighted by Gasteiger charge is -2.09. The summed E-state index contributed by atoms with van der Waals surface area (Å²) < 4.78 is 29.9. The molecule has 0 saturated carbocycles. The van der Waals surface area contributed by atoms with Crippen LogP contribution in [0.4, 0.5) is 5.69 Å². The zero-order chi connectivity index (χ0) is 22.9. The molecule has 160 valence electrons. The number of carbonyl (C=O) groups excluding carboxylic acids is 1. The molecule has 0 atom stereocenters. The molecular weight excluding hydrogens is 428 g/mol. The molecule has 2 heterocycles. The van der Waals surface area contributed by atoms with Crippen molar-refractivity contribution in [3.63, 3.8) is 0 Å². The van der Waals surface area contributed by atoms with Gasteiger partial charge in [-0.2, -0.15) is 5.26 Å². The molecule has 8 nitrogen and oxygen atoms in total. The van der Waals surface area contributed by atoms with Crippen LogP contribution >= 0.6 is 0 Å². The highest BCUT2D eigenvalue weighted by molar-refractivity contribution is 7.90. The molecule has 0 radical (unpaired) electrons. The summed E-state index contributed by atoms with van der Waals surface area (Å²) in [5, 5.41) is 11.7. The molecule has 0 bridgehead atoms. The number of aromatic nitrogens is 2. The Hall–Kier alpha value is -4.03. The Bertz CT molecular complexity index is 1480. The summed E-state index contributed by atoms with van der Waals surface area (Å²) in [6.45, 7) is 2.08. The van der Waals surface area contributed by atoms with Crippen LogP contribution in [-0.4, -0.2) is 30.5 Å². The van der Waals surface area contributed by atoms with E-state index >= 15 is 0 Å². The van der Waals surface area contributed by atoms with E-state index in [0.717, 1.165) is 30.5 Å². The fourth-order valence-electron chi connectivity index (χ4n) is 3.18. The van der Waals surface area contributed by atoms with Crippen LogP contribution < -0.4 is 5.32 Å². The highest BCUT2D eigenvalue weighted by atomic mass is 32.2. The van der Waals surface area contributed by atoms with Crippen molar-refractivity contribution in [2.75, 3.05) is 11.6 Å². The van der Waals surface area contributed by atoms with Gasteiger partial charge in [-0.3, -0.25) is 4.79 Å². The molecule has 0 fully saturated rings. The maximum Gasteiger partial charge on any atom is 0.257 e. The maximum absolute atomic E-state index is 12.8.